The molecule has 0 spiro atoms. The first-order valence-corrected chi connectivity index (χ1v) is 6.84. The van der Waals surface area contributed by atoms with E-state index in [4.69, 9.17) is 11.6 Å². The Balaban J connectivity index is 2.23. The van der Waals surface area contributed by atoms with Crippen molar-refractivity contribution in [1.82, 2.24) is 9.97 Å². The third-order valence-corrected chi connectivity index (χ3v) is 3.38. The second-order valence-corrected chi connectivity index (χ2v) is 5.36. The van der Waals surface area contributed by atoms with E-state index in [1.165, 1.54) is 25.7 Å². The zero-order valence-electron chi connectivity index (χ0n) is 10.6. The van der Waals surface area contributed by atoms with Crippen LogP contribution in [0.4, 0.5) is 5.95 Å². The third-order valence-electron chi connectivity index (χ3n) is 3.18. The number of rotatable bonds is 2. The van der Waals surface area contributed by atoms with Gasteiger partial charge in [0.05, 0.1) is 5.69 Å². The molecule has 0 N–H and O–H groups in total. The molecule has 4 heteroatoms. The van der Waals surface area contributed by atoms with Crippen LogP contribution < -0.4 is 4.90 Å². The van der Waals surface area contributed by atoms with Crippen LogP contribution in [-0.4, -0.2) is 23.1 Å². The standard InChI is InChI=1S/C13H20ClN3/c1-10(2)11-9-12(14)16-13(15-11)17-7-5-3-4-6-8-17/h9-10H,3-8H2,1-2H3. The lowest BCUT2D eigenvalue weighted by molar-refractivity contribution is 0.726. The van der Waals surface area contributed by atoms with Crippen LogP contribution in [0.15, 0.2) is 6.07 Å². The van der Waals surface area contributed by atoms with Gasteiger partial charge in [-0.1, -0.05) is 38.3 Å². The molecule has 3 nitrogen and oxygen atoms in total. The minimum atomic E-state index is 0.390. The lowest BCUT2D eigenvalue weighted by Crippen LogP contribution is -2.26. The van der Waals surface area contributed by atoms with Crippen molar-refractivity contribution in [3.05, 3.63) is 16.9 Å². The first kappa shape index (κ1) is 12.6. The van der Waals surface area contributed by atoms with Crippen molar-refractivity contribution in [3.63, 3.8) is 0 Å². The van der Waals surface area contributed by atoms with Gasteiger partial charge in [0.1, 0.15) is 5.15 Å². The molecular weight excluding hydrogens is 234 g/mol. The highest BCUT2D eigenvalue weighted by molar-refractivity contribution is 6.29. The van der Waals surface area contributed by atoms with Gasteiger partial charge in [0.2, 0.25) is 5.95 Å². The van der Waals surface area contributed by atoms with Crippen molar-refractivity contribution in [2.45, 2.75) is 45.4 Å². The normalized spacial score (nSPS) is 17.3. The van der Waals surface area contributed by atoms with Gasteiger partial charge in [-0.05, 0) is 24.8 Å². The van der Waals surface area contributed by atoms with Crippen LogP contribution in [0.25, 0.3) is 0 Å². The summed E-state index contributed by atoms with van der Waals surface area (Å²) in [4.78, 5) is 11.3. The molecule has 1 fully saturated rings. The van der Waals surface area contributed by atoms with Crippen LogP contribution in [0.2, 0.25) is 5.15 Å². The van der Waals surface area contributed by atoms with E-state index in [1.54, 1.807) is 0 Å². The van der Waals surface area contributed by atoms with Gasteiger partial charge < -0.3 is 4.90 Å². The van der Waals surface area contributed by atoms with Crippen molar-refractivity contribution >= 4 is 17.5 Å². The largest absolute Gasteiger partial charge is 0.341 e. The summed E-state index contributed by atoms with van der Waals surface area (Å²) in [5, 5.41) is 0.558. The Morgan fingerprint density at radius 2 is 1.76 bits per heavy atom. The number of anilines is 1. The van der Waals surface area contributed by atoms with Crippen molar-refractivity contribution in [1.29, 1.82) is 0 Å². The van der Waals surface area contributed by atoms with Crippen LogP contribution in [-0.2, 0) is 0 Å². The molecule has 1 aromatic rings. The predicted octanol–water partition coefficient (Wildman–Crippen LogP) is 3.63. The predicted molar refractivity (Wildman–Crippen MR) is 71.8 cm³/mol. The molecule has 0 amide bonds. The molecule has 0 aliphatic carbocycles. The summed E-state index contributed by atoms with van der Waals surface area (Å²) in [6, 6.07) is 1.87. The van der Waals surface area contributed by atoms with Crippen molar-refractivity contribution < 1.29 is 0 Å². The topological polar surface area (TPSA) is 29.0 Å². The Morgan fingerprint density at radius 3 is 2.35 bits per heavy atom. The van der Waals surface area contributed by atoms with E-state index >= 15 is 0 Å². The van der Waals surface area contributed by atoms with E-state index in [2.05, 4.69) is 28.7 Å². The molecule has 1 aliphatic heterocycles. The lowest BCUT2D eigenvalue weighted by Gasteiger charge is -2.21. The summed E-state index contributed by atoms with van der Waals surface area (Å²) in [7, 11) is 0. The van der Waals surface area contributed by atoms with E-state index in [0.29, 0.717) is 11.1 Å². The molecular formula is C13H20ClN3. The van der Waals surface area contributed by atoms with E-state index in [-0.39, 0.29) is 0 Å². The van der Waals surface area contributed by atoms with Crippen molar-refractivity contribution in [2.24, 2.45) is 0 Å². The van der Waals surface area contributed by atoms with Gasteiger partial charge in [-0.3, -0.25) is 0 Å². The summed E-state index contributed by atoms with van der Waals surface area (Å²) in [6.07, 6.45) is 5.09. The first-order chi connectivity index (χ1) is 8.16. The van der Waals surface area contributed by atoms with Gasteiger partial charge in [0.25, 0.3) is 0 Å². The SMILES string of the molecule is CC(C)c1cc(Cl)nc(N2CCCCCC2)n1. The van der Waals surface area contributed by atoms with E-state index in [0.717, 1.165) is 24.7 Å². The maximum atomic E-state index is 6.08. The molecule has 1 aliphatic rings. The molecule has 94 valence electrons. The Hall–Kier alpha value is -0.830. The van der Waals surface area contributed by atoms with Gasteiger partial charge in [-0.15, -0.1) is 0 Å². The van der Waals surface area contributed by atoms with Gasteiger partial charge >= 0.3 is 0 Å². The lowest BCUT2D eigenvalue weighted by atomic mass is 10.1. The highest BCUT2D eigenvalue weighted by Crippen LogP contribution is 2.21. The van der Waals surface area contributed by atoms with Gasteiger partial charge in [0, 0.05) is 13.1 Å². The molecule has 0 aromatic carbocycles. The highest BCUT2D eigenvalue weighted by atomic mass is 35.5. The molecule has 1 aromatic heterocycles. The Morgan fingerprint density at radius 1 is 1.12 bits per heavy atom. The fourth-order valence-corrected chi connectivity index (χ4v) is 2.32. The fraction of sp³-hybridized carbons (Fsp3) is 0.692. The van der Waals surface area contributed by atoms with Crippen LogP contribution >= 0.6 is 11.6 Å². The average molecular weight is 254 g/mol. The number of hydrogen-bond donors (Lipinski definition) is 0. The summed E-state index contributed by atoms with van der Waals surface area (Å²) < 4.78 is 0. The fourth-order valence-electron chi connectivity index (χ4n) is 2.13. The number of hydrogen-bond acceptors (Lipinski definition) is 3. The molecule has 2 rings (SSSR count). The van der Waals surface area contributed by atoms with E-state index in [1.807, 2.05) is 6.07 Å². The van der Waals surface area contributed by atoms with Crippen LogP contribution in [0, 0.1) is 0 Å². The van der Waals surface area contributed by atoms with E-state index < -0.39 is 0 Å². The molecule has 0 bridgehead atoms. The van der Waals surface area contributed by atoms with Crippen molar-refractivity contribution in [3.8, 4) is 0 Å². The maximum Gasteiger partial charge on any atom is 0.226 e. The van der Waals surface area contributed by atoms with Gasteiger partial charge in [0.15, 0.2) is 0 Å². The van der Waals surface area contributed by atoms with Crippen molar-refractivity contribution in [2.75, 3.05) is 18.0 Å². The molecule has 0 atom stereocenters. The molecule has 0 radical (unpaired) electrons. The number of nitrogens with zero attached hydrogens (tertiary/aromatic N) is 3. The summed E-state index contributed by atoms with van der Waals surface area (Å²) >= 11 is 6.08. The molecule has 2 heterocycles. The monoisotopic (exact) mass is 253 g/mol. The second kappa shape index (κ2) is 5.67. The smallest absolute Gasteiger partial charge is 0.226 e. The first-order valence-electron chi connectivity index (χ1n) is 6.46. The summed E-state index contributed by atoms with van der Waals surface area (Å²) in [6.45, 7) is 6.37. The van der Waals surface area contributed by atoms with E-state index in [9.17, 15) is 0 Å². The molecule has 1 saturated heterocycles. The number of aromatic nitrogens is 2. The molecule has 17 heavy (non-hydrogen) atoms. The van der Waals surface area contributed by atoms with Crippen LogP contribution in [0.5, 0.6) is 0 Å². The molecule has 0 unspecified atom stereocenters. The average Bonchev–Trinajstić information content (AvgIpc) is 2.56. The van der Waals surface area contributed by atoms with Gasteiger partial charge in [-0.2, -0.15) is 0 Å². The molecule has 0 saturated carbocycles. The second-order valence-electron chi connectivity index (χ2n) is 4.97. The number of halogens is 1. The van der Waals surface area contributed by atoms with Crippen LogP contribution in [0.3, 0.4) is 0 Å². The Kier molecular flexibility index (Phi) is 4.21. The zero-order valence-corrected chi connectivity index (χ0v) is 11.4. The van der Waals surface area contributed by atoms with Gasteiger partial charge in [-0.25, -0.2) is 9.97 Å². The Bertz CT molecular complexity index is 371. The maximum absolute atomic E-state index is 6.08. The summed E-state index contributed by atoms with van der Waals surface area (Å²) in [5.74, 6) is 1.20. The van der Waals surface area contributed by atoms with Crippen LogP contribution in [0.1, 0.15) is 51.1 Å². The summed E-state index contributed by atoms with van der Waals surface area (Å²) in [5.41, 5.74) is 1.03. The quantitative estimate of drug-likeness (QED) is 0.754. The third kappa shape index (κ3) is 3.32. The highest BCUT2D eigenvalue weighted by Gasteiger charge is 2.14. The minimum Gasteiger partial charge on any atom is -0.341 e. The zero-order chi connectivity index (χ0) is 12.3. The Labute approximate surface area is 108 Å². The minimum absolute atomic E-state index is 0.390.